The number of rotatable bonds is 5. The summed E-state index contributed by atoms with van der Waals surface area (Å²) in [6.07, 6.45) is 10.4. The third-order valence-electron chi connectivity index (χ3n) is 5.09. The van der Waals surface area contributed by atoms with Crippen molar-refractivity contribution in [3.63, 3.8) is 0 Å². The average molecular weight is 443 g/mol. The van der Waals surface area contributed by atoms with Crippen LogP contribution in [-0.2, 0) is 0 Å². The molecular formula is C21H17N9O3. The van der Waals surface area contributed by atoms with Gasteiger partial charge in [-0.2, -0.15) is 19.6 Å². The molecule has 4 aromatic heterocycles. The fourth-order valence-corrected chi connectivity index (χ4v) is 3.31. The molecule has 1 aliphatic rings. The summed E-state index contributed by atoms with van der Waals surface area (Å²) in [6.45, 7) is 0. The number of hydrogen-bond donors (Lipinski definition) is 3. The smallest absolute Gasteiger partial charge is 0.327 e. The van der Waals surface area contributed by atoms with Crippen LogP contribution in [0.15, 0.2) is 59.0 Å². The van der Waals surface area contributed by atoms with E-state index in [1.807, 2.05) is 35.0 Å². The molecule has 0 amide bonds. The molecule has 1 saturated carbocycles. The van der Waals surface area contributed by atoms with Crippen LogP contribution in [0.2, 0.25) is 0 Å². The van der Waals surface area contributed by atoms with Crippen LogP contribution in [-0.4, -0.2) is 50.2 Å². The Bertz CT molecular complexity index is 1630. The summed E-state index contributed by atoms with van der Waals surface area (Å²) in [5.41, 5.74) is 1.44. The summed E-state index contributed by atoms with van der Waals surface area (Å²) in [7, 11) is 0. The summed E-state index contributed by atoms with van der Waals surface area (Å²) >= 11 is 0. The first-order valence-corrected chi connectivity index (χ1v) is 10.2. The number of hydrogen-bond acceptors (Lipinski definition) is 8. The highest BCUT2D eigenvalue weighted by atomic mass is 16.5. The van der Waals surface area contributed by atoms with Gasteiger partial charge in [-0.15, -0.1) is 0 Å². The van der Waals surface area contributed by atoms with Crippen molar-refractivity contribution in [3.05, 3.63) is 76.2 Å². The van der Waals surface area contributed by atoms with E-state index in [-0.39, 0.29) is 23.6 Å². The number of aromatic hydroxyl groups is 1. The van der Waals surface area contributed by atoms with Gasteiger partial charge in [-0.25, -0.2) is 14.8 Å². The first kappa shape index (κ1) is 19.0. The number of ether oxygens (including phenoxy) is 1. The van der Waals surface area contributed by atoms with Crippen molar-refractivity contribution in [3.8, 4) is 23.3 Å². The van der Waals surface area contributed by atoms with Gasteiger partial charge in [0, 0.05) is 23.3 Å². The van der Waals surface area contributed by atoms with E-state index in [0.717, 1.165) is 18.5 Å². The highest BCUT2D eigenvalue weighted by Crippen LogP contribution is 2.23. The molecule has 12 heteroatoms. The molecule has 0 spiro atoms. The van der Waals surface area contributed by atoms with Crippen molar-refractivity contribution >= 4 is 11.7 Å². The third kappa shape index (κ3) is 3.73. The van der Waals surface area contributed by atoms with Crippen LogP contribution in [0.4, 0.5) is 0 Å². The molecule has 1 fully saturated rings. The van der Waals surface area contributed by atoms with Gasteiger partial charge in [0.2, 0.25) is 5.88 Å². The highest BCUT2D eigenvalue weighted by molar-refractivity contribution is 5.56. The predicted molar refractivity (Wildman–Crippen MR) is 115 cm³/mol. The SMILES string of the molecule is O=c1[nH]c(O)c(/C=c2/cnn3c(=NC4CC4)nc(Oc4ccc(-n5ccnc5)cc4)nc23)[nH]1. The van der Waals surface area contributed by atoms with Gasteiger partial charge in [-0.1, -0.05) is 0 Å². The second-order valence-corrected chi connectivity index (χ2v) is 7.55. The van der Waals surface area contributed by atoms with Crippen molar-refractivity contribution in [2.24, 2.45) is 4.99 Å². The lowest BCUT2D eigenvalue weighted by atomic mass is 10.3. The molecule has 5 aromatic rings. The van der Waals surface area contributed by atoms with Crippen molar-refractivity contribution in [1.29, 1.82) is 0 Å². The molecule has 0 radical (unpaired) electrons. The second kappa shape index (κ2) is 7.44. The van der Waals surface area contributed by atoms with E-state index in [2.05, 4.69) is 35.0 Å². The Kier molecular flexibility index (Phi) is 4.28. The zero-order chi connectivity index (χ0) is 22.4. The number of H-pyrrole nitrogens is 2. The Labute approximate surface area is 184 Å². The van der Waals surface area contributed by atoms with Gasteiger partial charge >= 0.3 is 11.7 Å². The number of aromatic amines is 2. The minimum Gasteiger partial charge on any atom is -0.493 e. The Morgan fingerprint density at radius 2 is 2.03 bits per heavy atom. The molecule has 1 aromatic carbocycles. The Morgan fingerprint density at radius 3 is 2.73 bits per heavy atom. The predicted octanol–water partition coefficient (Wildman–Crippen LogP) is 0.435. The van der Waals surface area contributed by atoms with Crippen LogP contribution < -0.4 is 21.3 Å². The Balaban J connectivity index is 1.43. The topological polar surface area (TPSA) is 151 Å². The molecule has 12 nitrogen and oxygen atoms in total. The summed E-state index contributed by atoms with van der Waals surface area (Å²) in [5, 5.41) is 14.8. The van der Waals surface area contributed by atoms with Crippen LogP contribution in [0.25, 0.3) is 17.4 Å². The number of fused-ring (bicyclic) bond motifs is 1. The molecule has 6 rings (SSSR count). The Hall–Kier alpha value is -4.74. The van der Waals surface area contributed by atoms with Gasteiger partial charge in [-0.3, -0.25) is 4.98 Å². The number of nitrogens with one attached hydrogen (secondary N) is 2. The molecule has 0 bridgehead atoms. The molecule has 0 saturated heterocycles. The van der Waals surface area contributed by atoms with Crippen molar-refractivity contribution in [1.82, 2.24) is 39.1 Å². The quantitative estimate of drug-likeness (QED) is 0.356. The summed E-state index contributed by atoms with van der Waals surface area (Å²) < 4.78 is 9.33. The molecule has 0 atom stereocenters. The molecule has 0 aliphatic heterocycles. The fraction of sp³-hybridized carbons (Fsp3) is 0.143. The lowest BCUT2D eigenvalue weighted by Gasteiger charge is -2.06. The van der Waals surface area contributed by atoms with Crippen LogP contribution in [0, 0.1) is 0 Å². The monoisotopic (exact) mass is 443 g/mol. The van der Waals surface area contributed by atoms with E-state index >= 15 is 0 Å². The highest BCUT2D eigenvalue weighted by Gasteiger charge is 2.21. The van der Waals surface area contributed by atoms with Crippen molar-refractivity contribution in [2.75, 3.05) is 0 Å². The maximum Gasteiger partial charge on any atom is 0.327 e. The van der Waals surface area contributed by atoms with Gasteiger partial charge in [0.15, 0.2) is 5.65 Å². The van der Waals surface area contributed by atoms with Gasteiger partial charge in [0.25, 0.3) is 5.62 Å². The number of benzene rings is 1. The normalized spacial score (nSPS) is 14.9. The number of aromatic nitrogens is 8. The van der Waals surface area contributed by atoms with Crippen LogP contribution >= 0.6 is 0 Å². The maximum atomic E-state index is 11.5. The lowest BCUT2D eigenvalue weighted by molar-refractivity contribution is 0.435. The van der Waals surface area contributed by atoms with E-state index in [1.54, 1.807) is 24.8 Å². The first-order chi connectivity index (χ1) is 16.1. The molecule has 1 aliphatic carbocycles. The van der Waals surface area contributed by atoms with Gasteiger partial charge in [0.1, 0.15) is 11.4 Å². The summed E-state index contributed by atoms with van der Waals surface area (Å²) in [6, 6.07) is 7.73. The second-order valence-electron chi connectivity index (χ2n) is 7.55. The zero-order valence-corrected chi connectivity index (χ0v) is 17.1. The average Bonchev–Trinajstić information content (AvgIpc) is 3.17. The fourth-order valence-electron chi connectivity index (χ4n) is 3.31. The number of nitrogens with zero attached hydrogens (tertiary/aromatic N) is 7. The Morgan fingerprint density at radius 1 is 1.18 bits per heavy atom. The largest absolute Gasteiger partial charge is 0.493 e. The van der Waals surface area contributed by atoms with E-state index in [0.29, 0.717) is 22.2 Å². The van der Waals surface area contributed by atoms with Gasteiger partial charge in [-0.05, 0) is 43.2 Å². The molecule has 0 unspecified atom stereocenters. The van der Waals surface area contributed by atoms with Crippen molar-refractivity contribution < 1.29 is 9.84 Å². The lowest BCUT2D eigenvalue weighted by Crippen LogP contribution is -2.23. The van der Waals surface area contributed by atoms with E-state index < -0.39 is 5.69 Å². The molecule has 164 valence electrons. The van der Waals surface area contributed by atoms with Crippen LogP contribution in [0.1, 0.15) is 18.5 Å². The summed E-state index contributed by atoms with van der Waals surface area (Å²) in [5.74, 6) is 0.281. The van der Waals surface area contributed by atoms with Gasteiger partial charge < -0.3 is 19.4 Å². The van der Waals surface area contributed by atoms with E-state index in [1.165, 1.54) is 4.52 Å². The third-order valence-corrected chi connectivity index (χ3v) is 5.09. The first-order valence-electron chi connectivity index (χ1n) is 10.2. The van der Waals surface area contributed by atoms with Crippen LogP contribution in [0.5, 0.6) is 17.6 Å². The number of imidazole rings is 2. The molecule has 4 heterocycles. The van der Waals surface area contributed by atoms with Gasteiger partial charge in [0.05, 0.1) is 18.6 Å². The standard InChI is InChI=1S/C21H17N9O3/c31-18-16(25-20(32)27-18)9-12-10-23-30-17(12)26-21(28-19(30)24-13-1-2-13)33-15-5-3-14(4-6-15)29-8-7-22-11-29/h3-11,13,31H,1-2H2,(H2,25,27,32)/b12-9-,24-19?. The van der Waals surface area contributed by atoms with E-state index in [9.17, 15) is 9.90 Å². The van der Waals surface area contributed by atoms with E-state index in [4.69, 9.17) is 4.74 Å². The van der Waals surface area contributed by atoms with Crippen LogP contribution in [0.3, 0.4) is 0 Å². The molecular weight excluding hydrogens is 426 g/mol. The molecule has 33 heavy (non-hydrogen) atoms. The zero-order valence-electron chi connectivity index (χ0n) is 17.1. The molecule has 3 N–H and O–H groups in total. The minimum absolute atomic E-state index is 0.110. The maximum absolute atomic E-state index is 11.5. The van der Waals surface area contributed by atoms with Crippen molar-refractivity contribution in [2.45, 2.75) is 18.9 Å². The minimum atomic E-state index is -0.516. The summed E-state index contributed by atoms with van der Waals surface area (Å²) in [4.78, 5) is 33.9.